The Kier molecular flexibility index (Phi) is 6.32. The molecule has 5 nitrogen and oxygen atoms in total. The van der Waals surface area contributed by atoms with Gasteiger partial charge in [-0.25, -0.2) is 8.78 Å². The number of nitrogens with two attached hydrogens (primary N) is 1. The van der Waals surface area contributed by atoms with E-state index in [4.69, 9.17) is 5.73 Å². The van der Waals surface area contributed by atoms with E-state index in [2.05, 4.69) is 5.32 Å². The summed E-state index contributed by atoms with van der Waals surface area (Å²) in [5, 5.41) is 3.49. The SMILES string of the molecule is NC(=O)c1ccc(F)cc1[C@H](CCCN[C@@H]1C[C@H]1c1ccc(F)cc1)C(=O)N1CCC1. The largest absolute Gasteiger partial charge is 0.366 e. The Balaban J connectivity index is 1.37. The molecule has 0 spiro atoms. The van der Waals surface area contributed by atoms with E-state index >= 15 is 0 Å². The first-order chi connectivity index (χ1) is 14.9. The van der Waals surface area contributed by atoms with Crippen molar-refractivity contribution in [3.63, 3.8) is 0 Å². The highest BCUT2D eigenvalue weighted by molar-refractivity contribution is 5.97. The number of nitrogens with one attached hydrogen (secondary N) is 1. The molecule has 4 rings (SSSR count). The average Bonchev–Trinajstić information content (AvgIpc) is 3.46. The van der Waals surface area contributed by atoms with Gasteiger partial charge in [-0.1, -0.05) is 12.1 Å². The van der Waals surface area contributed by atoms with Crippen LogP contribution < -0.4 is 11.1 Å². The number of amides is 2. The number of primary amides is 1. The van der Waals surface area contributed by atoms with Gasteiger partial charge in [0.15, 0.2) is 0 Å². The highest BCUT2D eigenvalue weighted by Crippen LogP contribution is 2.40. The second kappa shape index (κ2) is 9.14. The van der Waals surface area contributed by atoms with E-state index in [1.54, 1.807) is 4.90 Å². The van der Waals surface area contributed by atoms with Crippen LogP contribution in [0.25, 0.3) is 0 Å². The van der Waals surface area contributed by atoms with Crippen molar-refractivity contribution in [1.29, 1.82) is 0 Å². The van der Waals surface area contributed by atoms with Crippen LogP contribution in [0.4, 0.5) is 8.78 Å². The number of rotatable bonds is 9. The Hall–Kier alpha value is -2.80. The van der Waals surface area contributed by atoms with Crippen LogP contribution in [0.5, 0.6) is 0 Å². The second-order valence-corrected chi connectivity index (χ2v) is 8.42. The zero-order chi connectivity index (χ0) is 22.0. The summed E-state index contributed by atoms with van der Waals surface area (Å²) in [6, 6.07) is 10.7. The first-order valence-electron chi connectivity index (χ1n) is 10.8. The fourth-order valence-corrected chi connectivity index (χ4v) is 4.31. The molecule has 1 saturated heterocycles. The molecule has 0 aromatic heterocycles. The summed E-state index contributed by atoms with van der Waals surface area (Å²) in [5.41, 5.74) is 7.18. The van der Waals surface area contributed by atoms with Gasteiger partial charge < -0.3 is 16.0 Å². The van der Waals surface area contributed by atoms with Gasteiger partial charge in [-0.05, 0) is 73.7 Å². The summed E-state index contributed by atoms with van der Waals surface area (Å²) in [6.45, 7) is 2.08. The van der Waals surface area contributed by atoms with Gasteiger partial charge in [-0.15, -0.1) is 0 Å². The second-order valence-electron chi connectivity index (χ2n) is 8.42. The smallest absolute Gasteiger partial charge is 0.249 e. The average molecular weight is 427 g/mol. The highest BCUT2D eigenvalue weighted by atomic mass is 19.1. The van der Waals surface area contributed by atoms with E-state index in [1.165, 1.54) is 30.3 Å². The Morgan fingerprint density at radius 2 is 1.81 bits per heavy atom. The van der Waals surface area contributed by atoms with Crippen molar-refractivity contribution in [2.24, 2.45) is 5.73 Å². The third kappa shape index (κ3) is 4.93. The summed E-state index contributed by atoms with van der Waals surface area (Å²) in [4.78, 5) is 26.6. The Morgan fingerprint density at radius 3 is 2.45 bits per heavy atom. The van der Waals surface area contributed by atoms with E-state index < -0.39 is 17.6 Å². The van der Waals surface area contributed by atoms with Crippen LogP contribution >= 0.6 is 0 Å². The zero-order valence-electron chi connectivity index (χ0n) is 17.3. The Morgan fingerprint density at radius 1 is 1.10 bits per heavy atom. The van der Waals surface area contributed by atoms with Crippen LogP contribution in [-0.2, 0) is 4.79 Å². The minimum Gasteiger partial charge on any atom is -0.366 e. The summed E-state index contributed by atoms with van der Waals surface area (Å²) in [6.07, 6.45) is 3.15. The van der Waals surface area contributed by atoms with Crippen molar-refractivity contribution in [3.05, 3.63) is 70.8 Å². The zero-order valence-corrected chi connectivity index (χ0v) is 17.3. The van der Waals surface area contributed by atoms with E-state index in [1.807, 2.05) is 12.1 Å². The number of benzene rings is 2. The summed E-state index contributed by atoms with van der Waals surface area (Å²) < 4.78 is 27.0. The number of carbonyl (C=O) groups excluding carboxylic acids is 2. The van der Waals surface area contributed by atoms with Gasteiger partial charge in [0.2, 0.25) is 11.8 Å². The molecule has 1 aliphatic carbocycles. The van der Waals surface area contributed by atoms with E-state index in [0.29, 0.717) is 50.0 Å². The number of nitrogens with zero attached hydrogens (tertiary/aromatic N) is 1. The lowest BCUT2D eigenvalue weighted by Crippen LogP contribution is -2.45. The molecule has 2 aliphatic rings. The third-order valence-electron chi connectivity index (χ3n) is 6.29. The maximum absolute atomic E-state index is 14.0. The molecule has 1 aliphatic heterocycles. The molecule has 7 heteroatoms. The Bertz CT molecular complexity index is 960. The number of likely N-dealkylation sites (tertiary alicyclic amines) is 1. The fourth-order valence-electron chi connectivity index (χ4n) is 4.31. The normalized spacial score (nSPS) is 20.8. The van der Waals surface area contributed by atoms with E-state index in [0.717, 1.165) is 18.4 Å². The number of halogens is 2. The van der Waals surface area contributed by atoms with Crippen LogP contribution in [0, 0.1) is 11.6 Å². The predicted molar refractivity (Wildman–Crippen MR) is 114 cm³/mol. The van der Waals surface area contributed by atoms with Gasteiger partial charge in [0.25, 0.3) is 0 Å². The third-order valence-corrected chi connectivity index (χ3v) is 6.29. The maximum atomic E-state index is 14.0. The lowest BCUT2D eigenvalue weighted by molar-refractivity contribution is -0.136. The van der Waals surface area contributed by atoms with Crippen molar-refractivity contribution in [2.45, 2.75) is 43.6 Å². The first kappa shape index (κ1) is 21.4. The summed E-state index contributed by atoms with van der Waals surface area (Å²) in [7, 11) is 0. The molecule has 0 radical (unpaired) electrons. The van der Waals surface area contributed by atoms with Crippen molar-refractivity contribution in [1.82, 2.24) is 10.2 Å². The van der Waals surface area contributed by atoms with E-state index in [9.17, 15) is 18.4 Å². The molecule has 164 valence electrons. The topological polar surface area (TPSA) is 75.4 Å². The molecular weight excluding hydrogens is 400 g/mol. The quantitative estimate of drug-likeness (QED) is 0.603. The van der Waals surface area contributed by atoms with Crippen molar-refractivity contribution in [3.8, 4) is 0 Å². The van der Waals surface area contributed by atoms with Gasteiger partial charge in [-0.3, -0.25) is 9.59 Å². The van der Waals surface area contributed by atoms with Gasteiger partial charge in [0.05, 0.1) is 5.92 Å². The van der Waals surface area contributed by atoms with Gasteiger partial charge >= 0.3 is 0 Å². The number of carbonyl (C=O) groups is 2. The minimum absolute atomic E-state index is 0.0741. The highest BCUT2D eigenvalue weighted by Gasteiger charge is 2.38. The molecule has 1 heterocycles. The van der Waals surface area contributed by atoms with Crippen LogP contribution in [0.2, 0.25) is 0 Å². The molecule has 2 aromatic rings. The summed E-state index contributed by atoms with van der Waals surface area (Å²) >= 11 is 0. The molecule has 3 atom stereocenters. The van der Waals surface area contributed by atoms with E-state index in [-0.39, 0.29) is 17.3 Å². The maximum Gasteiger partial charge on any atom is 0.249 e. The first-order valence-corrected chi connectivity index (χ1v) is 10.8. The van der Waals surface area contributed by atoms with Crippen LogP contribution in [0.1, 0.15) is 59.0 Å². The fraction of sp³-hybridized carbons (Fsp3) is 0.417. The van der Waals surface area contributed by atoms with Crippen molar-refractivity contribution >= 4 is 11.8 Å². The van der Waals surface area contributed by atoms with Crippen LogP contribution in [-0.4, -0.2) is 42.4 Å². The summed E-state index contributed by atoms with van der Waals surface area (Å²) in [5.74, 6) is -1.67. The molecule has 0 unspecified atom stereocenters. The van der Waals surface area contributed by atoms with Gasteiger partial charge in [-0.2, -0.15) is 0 Å². The monoisotopic (exact) mass is 427 g/mol. The minimum atomic E-state index is -0.658. The molecule has 31 heavy (non-hydrogen) atoms. The van der Waals surface area contributed by atoms with Gasteiger partial charge in [0, 0.05) is 30.6 Å². The van der Waals surface area contributed by atoms with Crippen molar-refractivity contribution in [2.75, 3.05) is 19.6 Å². The Labute approximate surface area is 180 Å². The molecule has 0 bridgehead atoms. The lowest BCUT2D eigenvalue weighted by Gasteiger charge is -2.34. The lowest BCUT2D eigenvalue weighted by atomic mass is 9.88. The molecule has 2 fully saturated rings. The predicted octanol–water partition coefficient (Wildman–Crippen LogP) is 3.31. The van der Waals surface area contributed by atoms with Crippen molar-refractivity contribution < 1.29 is 18.4 Å². The molecule has 2 aromatic carbocycles. The van der Waals surface area contributed by atoms with Crippen LogP contribution in [0.3, 0.4) is 0 Å². The molecule has 1 saturated carbocycles. The number of hydrogen-bond acceptors (Lipinski definition) is 3. The van der Waals surface area contributed by atoms with Gasteiger partial charge in [0.1, 0.15) is 11.6 Å². The number of hydrogen-bond donors (Lipinski definition) is 2. The molecular formula is C24H27F2N3O2. The standard InChI is InChI=1S/C24H27F2N3O2/c25-16-6-4-15(5-7-16)20-14-22(20)28-10-1-3-19(24(31)29-11-2-12-29)21-13-17(26)8-9-18(21)23(27)30/h4-9,13,19-20,22,28H,1-3,10-12,14H2,(H2,27,30)/t19-,20-,22+/m0/s1. The molecule has 2 amide bonds. The van der Waals surface area contributed by atoms with Crippen LogP contribution in [0.15, 0.2) is 42.5 Å². The molecule has 3 N–H and O–H groups in total.